The summed E-state index contributed by atoms with van der Waals surface area (Å²) in [6.07, 6.45) is 10.6. The molecule has 2 fully saturated rings. The zero-order valence-corrected chi connectivity index (χ0v) is 17.3. The number of hydrogen-bond acceptors (Lipinski definition) is 5. The molecule has 4 heterocycles. The molecule has 8 heteroatoms. The minimum absolute atomic E-state index is 0.120. The Bertz CT molecular complexity index is 1100. The fourth-order valence-corrected chi connectivity index (χ4v) is 4.50. The van der Waals surface area contributed by atoms with Crippen molar-refractivity contribution in [1.82, 2.24) is 15.1 Å². The summed E-state index contributed by atoms with van der Waals surface area (Å²) in [4.78, 5) is 22.6. The van der Waals surface area contributed by atoms with E-state index < -0.39 is 0 Å². The maximum Gasteiger partial charge on any atom is 0.253 e. The van der Waals surface area contributed by atoms with Gasteiger partial charge in [-0.3, -0.25) is 15.2 Å². The number of aromatic nitrogens is 2. The smallest absolute Gasteiger partial charge is 0.253 e. The van der Waals surface area contributed by atoms with Crippen LogP contribution in [0.1, 0.15) is 47.7 Å². The number of hydrogen-bond donors (Lipinski definition) is 3. The van der Waals surface area contributed by atoms with Crippen molar-refractivity contribution < 1.29 is 9.69 Å². The van der Waals surface area contributed by atoms with Crippen LogP contribution in [0.5, 0.6) is 0 Å². The van der Waals surface area contributed by atoms with Gasteiger partial charge in [-0.25, -0.2) is 9.89 Å². The van der Waals surface area contributed by atoms with Crippen LogP contribution in [-0.4, -0.2) is 46.5 Å². The summed E-state index contributed by atoms with van der Waals surface area (Å²) in [5, 5.41) is 11.1. The van der Waals surface area contributed by atoms with Crippen LogP contribution in [0.2, 0.25) is 0 Å². The lowest BCUT2D eigenvalue weighted by molar-refractivity contribution is -0.698. The van der Waals surface area contributed by atoms with Crippen molar-refractivity contribution in [3.8, 4) is 0 Å². The summed E-state index contributed by atoms with van der Waals surface area (Å²) < 4.78 is 0. The fourth-order valence-electron chi connectivity index (χ4n) is 4.50. The Labute approximate surface area is 180 Å². The SMILES string of the molecule is O=C(c1cccc(N2C=C(Nc3cc(C4CC4)[nH]n3)[NH+]3C=CN=C3C2)c1)N1CCCC1. The van der Waals surface area contributed by atoms with Gasteiger partial charge < -0.3 is 9.80 Å². The van der Waals surface area contributed by atoms with Gasteiger partial charge in [0.05, 0.1) is 12.4 Å². The Morgan fingerprint density at radius 2 is 2.06 bits per heavy atom. The quantitative estimate of drug-likeness (QED) is 0.697. The number of aliphatic imine (C=N–C) groups is 1. The molecule has 0 spiro atoms. The summed E-state index contributed by atoms with van der Waals surface area (Å²) in [7, 11) is 0. The molecule has 3 N–H and O–H groups in total. The van der Waals surface area contributed by atoms with E-state index in [9.17, 15) is 4.79 Å². The number of nitrogens with zero attached hydrogens (tertiary/aromatic N) is 4. The number of likely N-dealkylation sites (tertiary alicyclic amines) is 1. The van der Waals surface area contributed by atoms with Crippen molar-refractivity contribution in [2.75, 3.05) is 29.9 Å². The van der Waals surface area contributed by atoms with Gasteiger partial charge in [0.1, 0.15) is 12.7 Å². The van der Waals surface area contributed by atoms with Crippen LogP contribution in [-0.2, 0) is 0 Å². The van der Waals surface area contributed by atoms with Crippen LogP contribution in [0, 0.1) is 0 Å². The summed E-state index contributed by atoms with van der Waals surface area (Å²) in [6.45, 7) is 2.38. The molecule has 1 saturated carbocycles. The summed E-state index contributed by atoms with van der Waals surface area (Å²) in [6, 6.07) is 10.0. The van der Waals surface area contributed by atoms with Gasteiger partial charge in [-0.05, 0) is 43.9 Å². The van der Waals surface area contributed by atoms with Crippen LogP contribution in [0.15, 0.2) is 59.7 Å². The maximum absolute atomic E-state index is 12.9. The van der Waals surface area contributed by atoms with Crippen LogP contribution in [0.3, 0.4) is 0 Å². The second-order valence-corrected chi connectivity index (χ2v) is 8.63. The standard InChI is InChI=1S/C23H25N7O/c31-23(28-9-1-2-10-28)17-4-3-5-18(12-17)29-14-21-24-8-11-30(21)22(15-29)25-20-13-19(26-27-20)16-6-7-16/h3-5,8,11-13,15-16H,1-2,6-7,9-10,14H2,(H2,25,26,27)/p+1. The fraction of sp³-hybridized carbons (Fsp3) is 0.348. The third-order valence-corrected chi connectivity index (χ3v) is 6.37. The van der Waals surface area contributed by atoms with E-state index in [-0.39, 0.29) is 5.91 Å². The molecule has 6 rings (SSSR count). The first-order valence-electron chi connectivity index (χ1n) is 11.1. The monoisotopic (exact) mass is 416 g/mol. The lowest BCUT2D eigenvalue weighted by atomic mass is 10.1. The van der Waals surface area contributed by atoms with Gasteiger partial charge in [0.25, 0.3) is 5.91 Å². The number of H-pyrrole nitrogens is 1. The third kappa shape index (κ3) is 3.53. The Kier molecular flexibility index (Phi) is 4.38. The zero-order valence-electron chi connectivity index (χ0n) is 17.3. The number of benzene rings is 1. The molecular weight excluding hydrogens is 390 g/mol. The summed E-state index contributed by atoms with van der Waals surface area (Å²) in [5.41, 5.74) is 2.92. The topological polar surface area (TPSA) is 81.1 Å². The first-order valence-corrected chi connectivity index (χ1v) is 11.1. The normalized spacial score (nSPS) is 22.4. The molecule has 2 aromatic rings. The van der Waals surface area contributed by atoms with E-state index in [1.54, 1.807) is 0 Å². The van der Waals surface area contributed by atoms with Crippen molar-refractivity contribution in [2.45, 2.75) is 31.6 Å². The summed E-state index contributed by atoms with van der Waals surface area (Å²) in [5.74, 6) is 3.55. The second kappa shape index (κ2) is 7.39. The molecule has 1 aliphatic carbocycles. The van der Waals surface area contributed by atoms with E-state index in [4.69, 9.17) is 0 Å². The van der Waals surface area contributed by atoms with E-state index in [1.807, 2.05) is 41.6 Å². The minimum Gasteiger partial charge on any atom is -0.339 e. The third-order valence-electron chi connectivity index (χ3n) is 6.37. The molecule has 1 amide bonds. The van der Waals surface area contributed by atoms with Crippen LogP contribution >= 0.6 is 0 Å². The number of carbonyl (C=O) groups excluding carboxylic acids is 1. The Morgan fingerprint density at radius 3 is 2.90 bits per heavy atom. The zero-order chi connectivity index (χ0) is 20.8. The highest BCUT2D eigenvalue weighted by Gasteiger charge is 2.33. The number of nitrogens with one attached hydrogen (secondary N) is 3. The lowest BCUT2D eigenvalue weighted by Gasteiger charge is -2.29. The van der Waals surface area contributed by atoms with Crippen molar-refractivity contribution in [2.24, 2.45) is 4.99 Å². The number of amides is 1. The number of carbonyl (C=O) groups is 1. The van der Waals surface area contributed by atoms with Gasteiger partial charge in [0.2, 0.25) is 11.7 Å². The molecule has 4 aliphatic rings. The highest BCUT2D eigenvalue weighted by Crippen LogP contribution is 2.39. The van der Waals surface area contributed by atoms with Crippen molar-refractivity contribution in [3.05, 3.63) is 66.0 Å². The van der Waals surface area contributed by atoms with Crippen molar-refractivity contribution in [1.29, 1.82) is 0 Å². The highest BCUT2D eigenvalue weighted by atomic mass is 16.2. The van der Waals surface area contributed by atoms with Gasteiger partial charge in [-0.2, -0.15) is 5.10 Å². The lowest BCUT2D eigenvalue weighted by Crippen LogP contribution is -3.10. The molecule has 158 valence electrons. The van der Waals surface area contributed by atoms with Crippen LogP contribution < -0.4 is 15.1 Å². The maximum atomic E-state index is 12.9. The molecule has 1 saturated heterocycles. The van der Waals surface area contributed by atoms with Gasteiger partial charge in [-0.15, -0.1) is 0 Å². The minimum atomic E-state index is 0.120. The average Bonchev–Trinajstić information content (AvgIpc) is 3.19. The van der Waals surface area contributed by atoms with E-state index in [2.05, 4.69) is 37.7 Å². The molecule has 31 heavy (non-hydrogen) atoms. The van der Waals surface area contributed by atoms with Crippen molar-refractivity contribution in [3.63, 3.8) is 0 Å². The predicted octanol–water partition coefficient (Wildman–Crippen LogP) is 2.02. The summed E-state index contributed by atoms with van der Waals surface area (Å²) >= 11 is 0. The Morgan fingerprint density at radius 1 is 1.19 bits per heavy atom. The number of aromatic amines is 1. The first kappa shape index (κ1) is 18.4. The Balaban J connectivity index is 1.27. The average molecular weight is 417 g/mol. The van der Waals surface area contributed by atoms with Crippen LogP contribution in [0.25, 0.3) is 0 Å². The molecule has 1 aromatic carbocycles. The molecule has 1 unspecified atom stereocenters. The molecule has 8 nitrogen and oxygen atoms in total. The number of anilines is 2. The number of rotatable bonds is 5. The van der Waals surface area contributed by atoms with E-state index in [0.29, 0.717) is 12.5 Å². The number of amidine groups is 1. The highest BCUT2D eigenvalue weighted by molar-refractivity contribution is 5.95. The van der Waals surface area contributed by atoms with Gasteiger partial charge in [0.15, 0.2) is 5.82 Å². The Hall–Kier alpha value is -3.39. The molecule has 1 atom stereocenters. The number of quaternary nitrogens is 1. The molecule has 3 aliphatic heterocycles. The molecule has 0 bridgehead atoms. The largest absolute Gasteiger partial charge is 0.339 e. The van der Waals surface area contributed by atoms with E-state index >= 15 is 0 Å². The van der Waals surface area contributed by atoms with Crippen molar-refractivity contribution >= 4 is 23.2 Å². The number of fused-ring (bicyclic) bond motifs is 1. The predicted molar refractivity (Wildman–Crippen MR) is 119 cm³/mol. The second-order valence-electron chi connectivity index (χ2n) is 8.63. The van der Waals surface area contributed by atoms with Crippen LogP contribution in [0.4, 0.5) is 11.5 Å². The molecule has 1 aromatic heterocycles. The van der Waals surface area contributed by atoms with Gasteiger partial charge >= 0.3 is 0 Å². The molecule has 0 radical (unpaired) electrons. The van der Waals surface area contributed by atoms with Gasteiger partial charge in [0, 0.05) is 42.0 Å². The van der Waals surface area contributed by atoms with E-state index in [1.165, 1.54) is 18.5 Å². The van der Waals surface area contributed by atoms with E-state index in [0.717, 1.165) is 59.6 Å². The first-order chi connectivity index (χ1) is 15.2. The van der Waals surface area contributed by atoms with Gasteiger partial charge in [-0.1, -0.05) is 6.07 Å². The molecular formula is C23H26N7O+.